The number of amides is 1. The topological polar surface area (TPSA) is 48.0 Å². The summed E-state index contributed by atoms with van der Waals surface area (Å²) in [6.07, 6.45) is 2.52. The Morgan fingerprint density at radius 1 is 0.917 bits per heavy atom. The van der Waals surface area contributed by atoms with E-state index < -0.39 is 0 Å². The first-order chi connectivity index (χ1) is 11.2. The summed E-state index contributed by atoms with van der Waals surface area (Å²) in [4.78, 5) is 13.6. The summed E-state index contributed by atoms with van der Waals surface area (Å²) in [6, 6.07) is 0. The van der Waals surface area contributed by atoms with Crippen LogP contribution in [0.2, 0.25) is 0 Å². The predicted molar refractivity (Wildman–Crippen MR) is 98.2 cm³/mol. The first-order valence-corrected chi connectivity index (χ1v) is 9.19. The van der Waals surface area contributed by atoms with Crippen LogP contribution in [0.1, 0.15) is 53.9 Å². The number of carbonyl (C=O) groups excluding carboxylic acids is 1. The Hall–Kier alpha value is -0.650. The van der Waals surface area contributed by atoms with Crippen LogP contribution in [-0.4, -0.2) is 64.0 Å². The molecule has 0 saturated heterocycles. The van der Waals surface area contributed by atoms with Crippen molar-refractivity contribution >= 4 is 5.91 Å². The molecule has 0 aliphatic carbocycles. The average molecular weight is 346 g/mol. The van der Waals surface area contributed by atoms with Crippen molar-refractivity contribution in [2.75, 3.05) is 53.2 Å². The molecule has 0 aromatic carbocycles. The van der Waals surface area contributed by atoms with Crippen LogP contribution in [0.3, 0.4) is 0 Å². The van der Waals surface area contributed by atoms with Gasteiger partial charge in [0.05, 0.1) is 39.5 Å². The van der Waals surface area contributed by atoms with Gasteiger partial charge < -0.3 is 19.1 Å². The molecule has 24 heavy (non-hydrogen) atoms. The van der Waals surface area contributed by atoms with Crippen molar-refractivity contribution < 1.29 is 19.0 Å². The normalized spacial score (nSPS) is 12.0. The highest BCUT2D eigenvalue weighted by molar-refractivity contribution is 5.75. The predicted octanol–water partition coefficient (Wildman–Crippen LogP) is 3.37. The molecule has 0 aromatic heterocycles. The molecule has 0 unspecified atom stereocenters. The van der Waals surface area contributed by atoms with E-state index in [0.717, 1.165) is 26.0 Å². The van der Waals surface area contributed by atoms with E-state index in [4.69, 9.17) is 14.2 Å². The van der Waals surface area contributed by atoms with Gasteiger partial charge in [-0.2, -0.15) is 0 Å². The zero-order chi connectivity index (χ0) is 18.4. The van der Waals surface area contributed by atoms with Gasteiger partial charge in [-0.3, -0.25) is 4.79 Å². The summed E-state index contributed by atoms with van der Waals surface area (Å²) in [5, 5.41) is 0. The second-order valence-electron chi connectivity index (χ2n) is 7.90. The largest absolute Gasteiger partial charge is 0.379 e. The molecule has 0 radical (unpaired) electrons. The number of rotatable bonds is 14. The molecule has 0 fully saturated rings. The van der Waals surface area contributed by atoms with Crippen molar-refractivity contribution in [2.45, 2.75) is 53.9 Å². The van der Waals surface area contributed by atoms with Crippen molar-refractivity contribution in [3.05, 3.63) is 0 Å². The minimum atomic E-state index is 0.142. The highest BCUT2D eigenvalue weighted by Gasteiger charge is 2.09. The molecule has 144 valence electrons. The second-order valence-corrected chi connectivity index (χ2v) is 7.90. The molecular formula is C19H39NO4. The Kier molecular flexibility index (Phi) is 13.3. The minimum absolute atomic E-state index is 0.142. The van der Waals surface area contributed by atoms with Gasteiger partial charge in [-0.15, -0.1) is 0 Å². The fourth-order valence-corrected chi connectivity index (χ4v) is 1.85. The van der Waals surface area contributed by atoms with Gasteiger partial charge >= 0.3 is 0 Å². The van der Waals surface area contributed by atoms with Gasteiger partial charge in [0.1, 0.15) is 0 Å². The van der Waals surface area contributed by atoms with E-state index in [1.54, 1.807) is 4.90 Å². The smallest absolute Gasteiger partial charge is 0.224 e. The quantitative estimate of drug-likeness (QED) is 0.453. The van der Waals surface area contributed by atoms with E-state index in [0.29, 0.717) is 50.8 Å². The van der Waals surface area contributed by atoms with E-state index >= 15 is 0 Å². The maximum atomic E-state index is 11.9. The molecule has 0 spiro atoms. The van der Waals surface area contributed by atoms with E-state index in [1.807, 2.05) is 7.05 Å². The monoisotopic (exact) mass is 345 g/mol. The minimum Gasteiger partial charge on any atom is -0.379 e. The number of ether oxygens (including phenoxy) is 3. The molecule has 0 aromatic rings. The molecule has 5 heteroatoms. The van der Waals surface area contributed by atoms with Crippen LogP contribution < -0.4 is 0 Å². The van der Waals surface area contributed by atoms with Crippen molar-refractivity contribution in [3.8, 4) is 0 Å². The van der Waals surface area contributed by atoms with Crippen LogP contribution in [0.5, 0.6) is 0 Å². The number of nitrogens with zero attached hydrogens (tertiary/aromatic N) is 1. The SMILES string of the molecule is CC(C)CCN(C)C(=O)CCOCCOCCOCCC(C)(C)C. The fourth-order valence-electron chi connectivity index (χ4n) is 1.85. The molecule has 0 N–H and O–H groups in total. The van der Waals surface area contributed by atoms with Gasteiger partial charge in [-0.25, -0.2) is 0 Å². The highest BCUT2D eigenvalue weighted by Crippen LogP contribution is 2.17. The Morgan fingerprint density at radius 3 is 1.92 bits per heavy atom. The van der Waals surface area contributed by atoms with Crippen LogP contribution in [0.15, 0.2) is 0 Å². The zero-order valence-electron chi connectivity index (χ0n) is 16.7. The lowest BCUT2D eigenvalue weighted by Gasteiger charge is -2.18. The van der Waals surface area contributed by atoms with Gasteiger partial charge in [0.2, 0.25) is 5.91 Å². The molecule has 0 rings (SSSR count). The average Bonchev–Trinajstić information content (AvgIpc) is 2.48. The zero-order valence-corrected chi connectivity index (χ0v) is 16.7. The Morgan fingerprint density at radius 2 is 1.42 bits per heavy atom. The van der Waals surface area contributed by atoms with Gasteiger partial charge in [-0.1, -0.05) is 34.6 Å². The van der Waals surface area contributed by atoms with Crippen molar-refractivity contribution in [2.24, 2.45) is 11.3 Å². The summed E-state index contributed by atoms with van der Waals surface area (Å²) in [5.74, 6) is 0.759. The van der Waals surface area contributed by atoms with Crippen LogP contribution >= 0.6 is 0 Å². The molecule has 0 aliphatic heterocycles. The molecule has 0 atom stereocenters. The van der Waals surface area contributed by atoms with Crippen LogP contribution in [0, 0.1) is 11.3 Å². The third kappa shape index (κ3) is 16.2. The maximum Gasteiger partial charge on any atom is 0.224 e. The highest BCUT2D eigenvalue weighted by atomic mass is 16.5. The number of hydrogen-bond acceptors (Lipinski definition) is 4. The Bertz CT molecular complexity index is 313. The van der Waals surface area contributed by atoms with Gasteiger partial charge in [0.15, 0.2) is 0 Å². The third-order valence-corrected chi connectivity index (χ3v) is 3.67. The van der Waals surface area contributed by atoms with Gasteiger partial charge in [0, 0.05) is 20.2 Å². The lowest BCUT2D eigenvalue weighted by Crippen LogP contribution is -2.29. The summed E-state index contributed by atoms with van der Waals surface area (Å²) >= 11 is 0. The van der Waals surface area contributed by atoms with Crippen molar-refractivity contribution in [3.63, 3.8) is 0 Å². The van der Waals surface area contributed by atoms with Gasteiger partial charge in [-0.05, 0) is 24.2 Å². The summed E-state index contributed by atoms with van der Waals surface area (Å²) < 4.78 is 16.4. The summed E-state index contributed by atoms with van der Waals surface area (Å²) in [5.41, 5.74) is 0.314. The van der Waals surface area contributed by atoms with Crippen molar-refractivity contribution in [1.29, 1.82) is 0 Å². The summed E-state index contributed by atoms with van der Waals surface area (Å²) in [7, 11) is 1.85. The molecule has 0 bridgehead atoms. The third-order valence-electron chi connectivity index (χ3n) is 3.67. The maximum absolute atomic E-state index is 11.9. The standard InChI is InChI=1S/C19H39NO4/c1-17(2)7-10-20(6)18(21)8-11-22-13-15-24-16-14-23-12-9-19(3,4)5/h17H,7-16H2,1-6H3. The molecule has 5 nitrogen and oxygen atoms in total. The lowest BCUT2D eigenvalue weighted by molar-refractivity contribution is -0.131. The Labute approximate surface area is 149 Å². The van der Waals surface area contributed by atoms with Gasteiger partial charge in [0.25, 0.3) is 0 Å². The summed E-state index contributed by atoms with van der Waals surface area (Å²) in [6.45, 7) is 15.3. The van der Waals surface area contributed by atoms with E-state index in [9.17, 15) is 4.79 Å². The second kappa shape index (κ2) is 13.6. The first-order valence-electron chi connectivity index (χ1n) is 9.19. The van der Waals surface area contributed by atoms with Crippen molar-refractivity contribution in [1.82, 2.24) is 4.90 Å². The number of hydrogen-bond donors (Lipinski definition) is 0. The molecule has 0 saturated carbocycles. The number of carbonyl (C=O) groups is 1. The van der Waals surface area contributed by atoms with E-state index in [2.05, 4.69) is 34.6 Å². The molecular weight excluding hydrogens is 306 g/mol. The van der Waals surface area contributed by atoms with Crippen LogP contribution in [0.25, 0.3) is 0 Å². The first kappa shape index (κ1) is 23.4. The lowest BCUT2D eigenvalue weighted by atomic mass is 9.93. The molecule has 1 amide bonds. The Balaban J connectivity index is 3.34. The van der Waals surface area contributed by atoms with Crippen LogP contribution in [0.4, 0.5) is 0 Å². The van der Waals surface area contributed by atoms with E-state index in [1.165, 1.54) is 0 Å². The molecule has 0 heterocycles. The van der Waals surface area contributed by atoms with Crippen LogP contribution in [-0.2, 0) is 19.0 Å². The fraction of sp³-hybridized carbons (Fsp3) is 0.947. The molecule has 0 aliphatic rings. The van der Waals surface area contributed by atoms with E-state index in [-0.39, 0.29) is 5.91 Å².